The van der Waals surface area contributed by atoms with E-state index in [9.17, 15) is 8.78 Å². The van der Waals surface area contributed by atoms with E-state index in [0.29, 0.717) is 11.3 Å². The Morgan fingerprint density at radius 2 is 2.10 bits per heavy atom. The van der Waals surface area contributed by atoms with Gasteiger partial charge in [-0.05, 0) is 32.0 Å². The number of guanidine groups is 1. The molecule has 0 aliphatic rings. The fraction of sp³-hybridized carbons (Fsp3) is 0.462. The zero-order valence-electron chi connectivity index (χ0n) is 11.7. The van der Waals surface area contributed by atoms with E-state index in [2.05, 4.69) is 15.0 Å². The highest BCUT2D eigenvalue weighted by molar-refractivity contribution is 5.78. The third-order valence-electron chi connectivity index (χ3n) is 2.34. The van der Waals surface area contributed by atoms with Crippen LogP contribution in [0.2, 0.25) is 0 Å². The van der Waals surface area contributed by atoms with Gasteiger partial charge in [0, 0.05) is 11.6 Å². The van der Waals surface area contributed by atoms with Crippen LogP contribution in [-0.4, -0.2) is 25.7 Å². The lowest BCUT2D eigenvalue weighted by molar-refractivity contribution is -0.0504. The maximum atomic E-state index is 12.3. The Morgan fingerprint density at radius 1 is 1.40 bits per heavy atom. The SMILES string of the molecule is COc1ccc(OC(F)F)c(CN=C(N)NC(C)C)c1. The van der Waals surface area contributed by atoms with Gasteiger partial charge < -0.3 is 20.5 Å². The van der Waals surface area contributed by atoms with Gasteiger partial charge in [-0.15, -0.1) is 0 Å². The molecule has 5 nitrogen and oxygen atoms in total. The number of hydrogen-bond acceptors (Lipinski definition) is 3. The van der Waals surface area contributed by atoms with Crippen molar-refractivity contribution in [2.75, 3.05) is 7.11 Å². The summed E-state index contributed by atoms with van der Waals surface area (Å²) in [4.78, 5) is 4.08. The number of benzene rings is 1. The second-order valence-electron chi connectivity index (χ2n) is 4.35. The minimum Gasteiger partial charge on any atom is -0.497 e. The van der Waals surface area contributed by atoms with Gasteiger partial charge in [0.2, 0.25) is 0 Å². The molecule has 0 unspecified atom stereocenters. The Balaban J connectivity index is 2.89. The molecule has 0 saturated carbocycles. The first-order chi connectivity index (χ1) is 9.42. The molecule has 1 rings (SSSR count). The summed E-state index contributed by atoms with van der Waals surface area (Å²) in [7, 11) is 1.49. The van der Waals surface area contributed by atoms with E-state index in [1.807, 2.05) is 13.8 Å². The van der Waals surface area contributed by atoms with Crippen LogP contribution in [0.1, 0.15) is 19.4 Å². The molecule has 0 bridgehead atoms. The van der Waals surface area contributed by atoms with Crippen molar-refractivity contribution < 1.29 is 18.3 Å². The number of hydrogen-bond donors (Lipinski definition) is 2. The predicted molar refractivity (Wildman–Crippen MR) is 73.2 cm³/mol. The van der Waals surface area contributed by atoms with E-state index >= 15 is 0 Å². The third-order valence-corrected chi connectivity index (χ3v) is 2.34. The molecule has 0 fully saturated rings. The Morgan fingerprint density at radius 3 is 2.65 bits per heavy atom. The van der Waals surface area contributed by atoms with Gasteiger partial charge in [-0.25, -0.2) is 4.99 Å². The number of alkyl halides is 2. The number of ether oxygens (including phenoxy) is 2. The lowest BCUT2D eigenvalue weighted by atomic mass is 10.2. The van der Waals surface area contributed by atoms with Crippen LogP contribution in [0.4, 0.5) is 8.78 Å². The van der Waals surface area contributed by atoms with Gasteiger partial charge >= 0.3 is 6.61 Å². The first-order valence-electron chi connectivity index (χ1n) is 6.10. The number of rotatable bonds is 6. The Bertz CT molecular complexity index is 465. The molecule has 0 aliphatic heterocycles. The first-order valence-corrected chi connectivity index (χ1v) is 6.10. The lowest BCUT2D eigenvalue weighted by Crippen LogP contribution is -2.36. The normalized spacial score (nSPS) is 11.8. The van der Waals surface area contributed by atoms with E-state index in [0.717, 1.165) is 0 Å². The quantitative estimate of drug-likeness (QED) is 0.621. The standard InChI is InChI=1S/C13H19F2N3O2/c1-8(2)18-13(16)17-7-9-6-10(19-3)4-5-11(9)20-12(14)15/h4-6,8,12H,7H2,1-3H3,(H3,16,17,18). The summed E-state index contributed by atoms with van der Waals surface area (Å²) in [5.74, 6) is 0.833. The van der Waals surface area contributed by atoms with Crippen molar-refractivity contribution in [1.29, 1.82) is 0 Å². The fourth-order valence-corrected chi connectivity index (χ4v) is 1.53. The topological polar surface area (TPSA) is 68.9 Å². The second-order valence-corrected chi connectivity index (χ2v) is 4.35. The molecule has 7 heteroatoms. The van der Waals surface area contributed by atoms with Crippen LogP contribution in [0.25, 0.3) is 0 Å². The number of halogens is 2. The molecule has 1 aromatic rings. The van der Waals surface area contributed by atoms with Gasteiger partial charge in [-0.1, -0.05) is 0 Å². The second kappa shape index (κ2) is 7.52. The van der Waals surface area contributed by atoms with E-state index in [-0.39, 0.29) is 24.3 Å². The molecule has 20 heavy (non-hydrogen) atoms. The monoisotopic (exact) mass is 287 g/mol. The molecule has 0 saturated heterocycles. The summed E-state index contributed by atoms with van der Waals surface area (Å²) in [6.45, 7) is 1.06. The van der Waals surface area contributed by atoms with Crippen molar-refractivity contribution in [3.05, 3.63) is 23.8 Å². The maximum absolute atomic E-state index is 12.3. The minimum absolute atomic E-state index is 0.0573. The van der Waals surface area contributed by atoms with Gasteiger partial charge in [0.1, 0.15) is 11.5 Å². The molecule has 112 valence electrons. The molecule has 0 amide bonds. The van der Waals surface area contributed by atoms with E-state index in [1.54, 1.807) is 12.1 Å². The van der Waals surface area contributed by atoms with Gasteiger partial charge in [0.15, 0.2) is 5.96 Å². The summed E-state index contributed by atoms with van der Waals surface area (Å²) in [5.41, 5.74) is 6.13. The van der Waals surface area contributed by atoms with Crippen molar-refractivity contribution >= 4 is 5.96 Å². The molecule has 1 aromatic carbocycles. The highest BCUT2D eigenvalue weighted by Crippen LogP contribution is 2.26. The van der Waals surface area contributed by atoms with Gasteiger partial charge in [-0.3, -0.25) is 0 Å². The number of aliphatic imine (C=N–C) groups is 1. The van der Waals surface area contributed by atoms with Gasteiger partial charge in [0.25, 0.3) is 0 Å². The predicted octanol–water partition coefficient (Wildman–Crippen LogP) is 2.11. The Labute approximate surface area is 116 Å². The van der Waals surface area contributed by atoms with Crippen LogP contribution in [0, 0.1) is 0 Å². The molecule has 0 atom stereocenters. The smallest absolute Gasteiger partial charge is 0.387 e. The van der Waals surface area contributed by atoms with E-state index < -0.39 is 6.61 Å². The molecule has 0 radical (unpaired) electrons. The van der Waals surface area contributed by atoms with Crippen molar-refractivity contribution in [2.24, 2.45) is 10.7 Å². The number of nitrogens with two attached hydrogens (primary N) is 1. The molecule has 0 spiro atoms. The molecule has 0 aliphatic carbocycles. The van der Waals surface area contributed by atoms with Crippen LogP contribution in [-0.2, 0) is 6.54 Å². The average Bonchev–Trinajstić information content (AvgIpc) is 2.36. The zero-order valence-corrected chi connectivity index (χ0v) is 11.7. The minimum atomic E-state index is -2.89. The number of methoxy groups -OCH3 is 1. The molecule has 0 heterocycles. The Hall–Kier alpha value is -2.05. The summed E-state index contributed by atoms with van der Waals surface area (Å²) >= 11 is 0. The lowest BCUT2D eigenvalue weighted by Gasteiger charge is -2.12. The summed E-state index contributed by atoms with van der Waals surface area (Å²) in [5, 5.41) is 2.91. The fourth-order valence-electron chi connectivity index (χ4n) is 1.53. The van der Waals surface area contributed by atoms with Crippen LogP contribution >= 0.6 is 0 Å². The first kappa shape index (κ1) is 16.0. The van der Waals surface area contributed by atoms with Crippen molar-refractivity contribution in [3.8, 4) is 11.5 Å². The van der Waals surface area contributed by atoms with Crippen molar-refractivity contribution in [2.45, 2.75) is 33.0 Å². The number of nitrogens with one attached hydrogen (secondary N) is 1. The van der Waals surface area contributed by atoms with Crippen LogP contribution in [0.3, 0.4) is 0 Å². The highest BCUT2D eigenvalue weighted by atomic mass is 19.3. The number of nitrogens with zero attached hydrogens (tertiary/aromatic N) is 1. The van der Waals surface area contributed by atoms with Crippen LogP contribution in [0.15, 0.2) is 23.2 Å². The molecule has 0 aromatic heterocycles. The van der Waals surface area contributed by atoms with E-state index in [4.69, 9.17) is 10.5 Å². The maximum Gasteiger partial charge on any atom is 0.387 e. The largest absolute Gasteiger partial charge is 0.497 e. The van der Waals surface area contributed by atoms with Crippen LogP contribution in [0.5, 0.6) is 11.5 Å². The van der Waals surface area contributed by atoms with Crippen LogP contribution < -0.4 is 20.5 Å². The van der Waals surface area contributed by atoms with Gasteiger partial charge in [0.05, 0.1) is 13.7 Å². The van der Waals surface area contributed by atoms with Crippen molar-refractivity contribution in [3.63, 3.8) is 0 Å². The van der Waals surface area contributed by atoms with E-state index in [1.165, 1.54) is 13.2 Å². The molecular weight excluding hydrogens is 268 g/mol. The molecular formula is C13H19F2N3O2. The highest BCUT2D eigenvalue weighted by Gasteiger charge is 2.11. The summed E-state index contributed by atoms with van der Waals surface area (Å²) in [6.07, 6.45) is 0. The average molecular weight is 287 g/mol. The zero-order chi connectivity index (χ0) is 15.1. The van der Waals surface area contributed by atoms with Gasteiger partial charge in [-0.2, -0.15) is 8.78 Å². The van der Waals surface area contributed by atoms with Crippen molar-refractivity contribution in [1.82, 2.24) is 5.32 Å². The summed E-state index contributed by atoms with van der Waals surface area (Å²) in [6, 6.07) is 4.69. The Kier molecular flexibility index (Phi) is 6.02. The summed E-state index contributed by atoms with van der Waals surface area (Å²) < 4.78 is 34.1. The third kappa shape index (κ3) is 5.29. The molecule has 3 N–H and O–H groups in total.